The lowest BCUT2D eigenvalue weighted by atomic mass is 10.0. The van der Waals surface area contributed by atoms with Crippen LogP contribution in [0.4, 0.5) is 0 Å². The van der Waals surface area contributed by atoms with Crippen LogP contribution in [0.15, 0.2) is 18.5 Å². The van der Waals surface area contributed by atoms with E-state index in [0.717, 1.165) is 25.9 Å². The maximum Gasteiger partial charge on any atom is 0.253 e. The van der Waals surface area contributed by atoms with Gasteiger partial charge in [-0.25, -0.2) is 0 Å². The number of amides is 2. The lowest BCUT2D eigenvalue weighted by Gasteiger charge is -2.31. The van der Waals surface area contributed by atoms with Gasteiger partial charge >= 0.3 is 0 Å². The number of nitrogens with one attached hydrogen (secondary N) is 2. The molecule has 2 amide bonds. The van der Waals surface area contributed by atoms with Crippen molar-refractivity contribution >= 4 is 23.4 Å². The van der Waals surface area contributed by atoms with Crippen LogP contribution in [0.3, 0.4) is 0 Å². The summed E-state index contributed by atoms with van der Waals surface area (Å²) in [5.41, 5.74) is 0.444. The number of carbonyl (C=O) groups excluding carboxylic acids is 2. The molecule has 0 unspecified atom stereocenters. The number of pyridine rings is 1. The van der Waals surface area contributed by atoms with E-state index in [0.29, 0.717) is 17.1 Å². The van der Waals surface area contributed by atoms with Crippen molar-refractivity contribution in [1.29, 1.82) is 0 Å². The fraction of sp³-hybridized carbons (Fsp3) is 0.500. The van der Waals surface area contributed by atoms with E-state index in [9.17, 15) is 9.59 Å². The molecule has 21 heavy (non-hydrogen) atoms. The lowest BCUT2D eigenvalue weighted by molar-refractivity contribution is -0.122. The van der Waals surface area contributed by atoms with Gasteiger partial charge in [0, 0.05) is 38.6 Å². The molecule has 6 nitrogen and oxygen atoms in total. The Morgan fingerprint density at radius 1 is 1.43 bits per heavy atom. The van der Waals surface area contributed by atoms with E-state index in [1.807, 2.05) is 0 Å². The summed E-state index contributed by atoms with van der Waals surface area (Å²) in [6, 6.07) is 1.72. The monoisotopic (exact) mass is 310 g/mol. The van der Waals surface area contributed by atoms with Gasteiger partial charge in [0.05, 0.1) is 17.1 Å². The Kier molecular flexibility index (Phi) is 5.52. The minimum absolute atomic E-state index is 0.0149. The first kappa shape index (κ1) is 15.7. The van der Waals surface area contributed by atoms with Crippen LogP contribution in [0.25, 0.3) is 0 Å². The fourth-order valence-corrected chi connectivity index (χ4v) is 2.55. The SMILES string of the molecule is CNC(=O)CN1CCC(NC(=O)c2ccncc2Cl)CC1. The van der Waals surface area contributed by atoms with Crippen LogP contribution < -0.4 is 10.6 Å². The molecule has 114 valence electrons. The van der Waals surface area contributed by atoms with Crippen LogP contribution in [0.5, 0.6) is 0 Å². The summed E-state index contributed by atoms with van der Waals surface area (Å²) in [6.45, 7) is 2.00. The molecule has 1 aliphatic rings. The Morgan fingerprint density at radius 2 is 2.14 bits per heavy atom. The number of hydrogen-bond donors (Lipinski definition) is 2. The van der Waals surface area contributed by atoms with E-state index in [1.165, 1.54) is 6.20 Å². The Morgan fingerprint density at radius 3 is 2.76 bits per heavy atom. The fourth-order valence-electron chi connectivity index (χ4n) is 2.34. The van der Waals surface area contributed by atoms with Crippen molar-refractivity contribution in [2.24, 2.45) is 0 Å². The second-order valence-corrected chi connectivity index (χ2v) is 5.46. The minimum atomic E-state index is -0.174. The molecule has 2 N–H and O–H groups in total. The number of aromatic nitrogens is 1. The average molecular weight is 311 g/mol. The van der Waals surface area contributed by atoms with E-state index in [-0.39, 0.29) is 17.9 Å². The third-order valence-electron chi connectivity index (χ3n) is 3.59. The number of piperidine rings is 1. The molecule has 1 fully saturated rings. The van der Waals surface area contributed by atoms with E-state index < -0.39 is 0 Å². The van der Waals surface area contributed by atoms with Gasteiger partial charge in [0.1, 0.15) is 0 Å². The van der Waals surface area contributed by atoms with Crippen molar-refractivity contribution in [3.63, 3.8) is 0 Å². The summed E-state index contributed by atoms with van der Waals surface area (Å²) in [6.07, 6.45) is 4.66. The van der Waals surface area contributed by atoms with Crippen molar-refractivity contribution < 1.29 is 9.59 Å². The van der Waals surface area contributed by atoms with Gasteiger partial charge in [0.15, 0.2) is 0 Å². The summed E-state index contributed by atoms with van der Waals surface area (Å²) in [5.74, 6) is -0.159. The van der Waals surface area contributed by atoms with Crippen LogP contribution in [-0.2, 0) is 4.79 Å². The van der Waals surface area contributed by atoms with E-state index in [2.05, 4.69) is 20.5 Å². The molecule has 0 radical (unpaired) electrons. The molecule has 7 heteroatoms. The number of likely N-dealkylation sites (N-methyl/N-ethyl adjacent to an activating group) is 1. The molecule has 1 saturated heterocycles. The third kappa shape index (κ3) is 4.41. The third-order valence-corrected chi connectivity index (χ3v) is 3.89. The smallest absolute Gasteiger partial charge is 0.253 e. The van der Waals surface area contributed by atoms with Crippen molar-refractivity contribution in [2.45, 2.75) is 18.9 Å². The van der Waals surface area contributed by atoms with E-state index in [1.54, 1.807) is 19.3 Å². The van der Waals surface area contributed by atoms with Crippen molar-refractivity contribution in [1.82, 2.24) is 20.5 Å². The van der Waals surface area contributed by atoms with E-state index >= 15 is 0 Å². The molecule has 0 saturated carbocycles. The molecule has 1 aromatic heterocycles. The van der Waals surface area contributed by atoms with Crippen molar-refractivity contribution in [3.05, 3.63) is 29.0 Å². The Labute approximate surface area is 128 Å². The van der Waals surface area contributed by atoms with Crippen LogP contribution >= 0.6 is 11.6 Å². The standard InChI is InChI=1S/C14H19ClN4O2/c1-16-13(20)9-19-6-3-10(4-7-19)18-14(21)11-2-5-17-8-12(11)15/h2,5,8,10H,3-4,6-7,9H2,1H3,(H,16,20)(H,18,21). The summed E-state index contributed by atoms with van der Waals surface area (Å²) < 4.78 is 0. The Balaban J connectivity index is 1.82. The largest absolute Gasteiger partial charge is 0.358 e. The first-order valence-corrected chi connectivity index (χ1v) is 7.31. The second kappa shape index (κ2) is 7.38. The summed E-state index contributed by atoms with van der Waals surface area (Å²) >= 11 is 5.96. The molecular formula is C14H19ClN4O2. The predicted molar refractivity (Wildman–Crippen MR) is 80.2 cm³/mol. The van der Waals surface area contributed by atoms with Crippen molar-refractivity contribution in [3.8, 4) is 0 Å². The molecule has 2 heterocycles. The molecule has 0 spiro atoms. The number of likely N-dealkylation sites (tertiary alicyclic amines) is 1. The molecule has 1 aliphatic heterocycles. The first-order chi connectivity index (χ1) is 10.1. The molecule has 0 aromatic carbocycles. The van der Waals surface area contributed by atoms with Gasteiger partial charge in [0.2, 0.25) is 5.91 Å². The summed E-state index contributed by atoms with van der Waals surface area (Å²) in [4.78, 5) is 29.4. The van der Waals surface area contributed by atoms with Gasteiger partial charge in [-0.3, -0.25) is 19.5 Å². The van der Waals surface area contributed by atoms with Crippen LogP contribution in [0.2, 0.25) is 5.02 Å². The zero-order valence-electron chi connectivity index (χ0n) is 11.9. The van der Waals surface area contributed by atoms with Crippen LogP contribution in [0, 0.1) is 0 Å². The van der Waals surface area contributed by atoms with Crippen LogP contribution in [0.1, 0.15) is 23.2 Å². The predicted octanol–water partition coefficient (Wildman–Crippen LogP) is 0.675. The summed E-state index contributed by atoms with van der Waals surface area (Å²) in [7, 11) is 1.63. The number of nitrogens with zero attached hydrogens (tertiary/aromatic N) is 2. The molecule has 0 aliphatic carbocycles. The van der Waals surface area contributed by atoms with Crippen molar-refractivity contribution in [2.75, 3.05) is 26.7 Å². The Bertz CT molecular complexity index is 515. The quantitative estimate of drug-likeness (QED) is 0.857. The zero-order valence-corrected chi connectivity index (χ0v) is 12.7. The molecule has 1 aromatic rings. The first-order valence-electron chi connectivity index (χ1n) is 6.93. The van der Waals surface area contributed by atoms with Gasteiger partial charge in [-0.2, -0.15) is 0 Å². The lowest BCUT2D eigenvalue weighted by Crippen LogP contribution is -2.47. The topological polar surface area (TPSA) is 74.3 Å². The molecule has 2 rings (SSSR count). The highest BCUT2D eigenvalue weighted by Gasteiger charge is 2.22. The average Bonchev–Trinajstić information content (AvgIpc) is 2.49. The van der Waals surface area contributed by atoms with Gasteiger partial charge in [-0.05, 0) is 18.9 Å². The number of hydrogen-bond acceptors (Lipinski definition) is 4. The number of rotatable bonds is 4. The maximum atomic E-state index is 12.1. The highest BCUT2D eigenvalue weighted by Crippen LogP contribution is 2.15. The molecule has 0 bridgehead atoms. The van der Waals surface area contributed by atoms with Gasteiger partial charge in [-0.1, -0.05) is 11.6 Å². The van der Waals surface area contributed by atoms with Gasteiger partial charge < -0.3 is 10.6 Å². The number of carbonyl (C=O) groups is 2. The Hall–Kier alpha value is -1.66. The van der Waals surface area contributed by atoms with Gasteiger partial charge in [0.25, 0.3) is 5.91 Å². The highest BCUT2D eigenvalue weighted by atomic mass is 35.5. The summed E-state index contributed by atoms with van der Waals surface area (Å²) in [5, 5.41) is 5.95. The highest BCUT2D eigenvalue weighted by molar-refractivity contribution is 6.33. The van der Waals surface area contributed by atoms with Gasteiger partial charge in [-0.15, -0.1) is 0 Å². The molecule has 0 atom stereocenters. The number of halogens is 1. The van der Waals surface area contributed by atoms with E-state index in [4.69, 9.17) is 11.6 Å². The molecular weight excluding hydrogens is 292 g/mol. The second-order valence-electron chi connectivity index (χ2n) is 5.05. The normalized spacial score (nSPS) is 16.5. The minimum Gasteiger partial charge on any atom is -0.358 e. The van der Waals surface area contributed by atoms with Crippen LogP contribution in [-0.4, -0.2) is 54.4 Å². The zero-order chi connectivity index (χ0) is 15.2. The maximum absolute atomic E-state index is 12.1.